The number of ether oxygens (including phenoxy) is 1. The topological polar surface area (TPSA) is 96.0 Å². The smallest absolute Gasteiger partial charge is 0.264 e. The Morgan fingerprint density at radius 3 is 2.33 bits per heavy atom. The number of benzene rings is 3. The molecule has 0 radical (unpaired) electrons. The molecule has 1 aliphatic rings. The summed E-state index contributed by atoms with van der Waals surface area (Å²) in [6, 6.07) is 20.0. The number of carbonyl (C=O) groups excluding carboxylic acids is 2. The van der Waals surface area contributed by atoms with Crippen molar-refractivity contribution in [2.75, 3.05) is 23.7 Å². The lowest BCUT2D eigenvalue weighted by atomic mass is 10.1. The zero-order valence-corrected chi connectivity index (χ0v) is 27.9. The maximum atomic E-state index is 14.1. The van der Waals surface area contributed by atoms with E-state index < -0.39 is 28.5 Å². The predicted molar refractivity (Wildman–Crippen MR) is 175 cm³/mol. The van der Waals surface area contributed by atoms with Crippen molar-refractivity contribution in [2.45, 2.75) is 68.0 Å². The molecule has 1 fully saturated rings. The molecule has 0 heterocycles. The van der Waals surface area contributed by atoms with Gasteiger partial charge in [0.25, 0.3) is 10.0 Å². The van der Waals surface area contributed by atoms with Crippen molar-refractivity contribution in [3.63, 3.8) is 0 Å². The first-order valence-electron chi connectivity index (χ1n) is 14.4. The van der Waals surface area contributed by atoms with Crippen molar-refractivity contribution in [2.24, 2.45) is 0 Å². The van der Waals surface area contributed by atoms with Crippen LogP contribution in [-0.2, 0) is 26.2 Å². The van der Waals surface area contributed by atoms with E-state index >= 15 is 0 Å². The van der Waals surface area contributed by atoms with E-state index in [1.807, 2.05) is 37.4 Å². The normalized spacial score (nSPS) is 14.2. The van der Waals surface area contributed by atoms with E-state index in [-0.39, 0.29) is 23.4 Å². The van der Waals surface area contributed by atoms with Crippen LogP contribution in [0.1, 0.15) is 45.1 Å². The molecule has 230 valence electrons. The quantitative estimate of drug-likeness (QED) is 0.214. The average Bonchev–Trinajstić information content (AvgIpc) is 3.52. The lowest BCUT2D eigenvalue weighted by Crippen LogP contribution is -2.52. The number of carbonyl (C=O) groups is 2. The molecule has 0 spiro atoms. The lowest BCUT2D eigenvalue weighted by Gasteiger charge is -2.32. The molecule has 3 aromatic carbocycles. The third-order valence-electron chi connectivity index (χ3n) is 7.47. The molecular weight excluding hydrogens is 650 g/mol. The van der Waals surface area contributed by atoms with Crippen LogP contribution in [-0.4, -0.2) is 56.6 Å². The summed E-state index contributed by atoms with van der Waals surface area (Å²) in [4.78, 5) is 30.0. The van der Waals surface area contributed by atoms with Crippen molar-refractivity contribution in [1.29, 1.82) is 0 Å². The summed E-state index contributed by atoms with van der Waals surface area (Å²) in [5, 5.41) is 3.09. The van der Waals surface area contributed by atoms with Gasteiger partial charge in [-0.2, -0.15) is 0 Å². The molecule has 4 rings (SSSR count). The van der Waals surface area contributed by atoms with Gasteiger partial charge >= 0.3 is 0 Å². The molecule has 0 bridgehead atoms. The van der Waals surface area contributed by atoms with Crippen LogP contribution < -0.4 is 14.4 Å². The Morgan fingerprint density at radius 2 is 1.72 bits per heavy atom. The number of thioether (sulfide) groups is 1. The highest BCUT2D eigenvalue weighted by Gasteiger charge is 2.33. The third kappa shape index (κ3) is 8.55. The van der Waals surface area contributed by atoms with Crippen LogP contribution in [0.3, 0.4) is 0 Å². The number of hydrogen-bond acceptors (Lipinski definition) is 6. The molecule has 3 aromatic rings. The Morgan fingerprint density at radius 1 is 1.05 bits per heavy atom. The minimum Gasteiger partial charge on any atom is -0.494 e. The number of amides is 2. The summed E-state index contributed by atoms with van der Waals surface area (Å²) in [6.07, 6.45) is 5.87. The van der Waals surface area contributed by atoms with Crippen LogP contribution >= 0.6 is 27.7 Å². The minimum atomic E-state index is -4.15. The highest BCUT2D eigenvalue weighted by Crippen LogP contribution is 2.28. The molecule has 1 saturated carbocycles. The maximum absolute atomic E-state index is 14.1. The van der Waals surface area contributed by atoms with Crippen LogP contribution in [0.4, 0.5) is 5.69 Å². The Balaban J connectivity index is 1.69. The number of nitrogens with one attached hydrogen (secondary N) is 1. The van der Waals surface area contributed by atoms with Gasteiger partial charge in [-0.15, -0.1) is 11.8 Å². The molecule has 2 amide bonds. The van der Waals surface area contributed by atoms with Crippen molar-refractivity contribution in [3.05, 3.63) is 82.8 Å². The Kier molecular flexibility index (Phi) is 11.6. The first kappa shape index (κ1) is 32.9. The van der Waals surface area contributed by atoms with Gasteiger partial charge in [-0.25, -0.2) is 8.42 Å². The average molecular weight is 689 g/mol. The molecule has 1 atom stereocenters. The molecular formula is C32H38BrN3O5S2. The number of rotatable bonds is 13. The number of sulfonamides is 1. The molecule has 1 aliphatic carbocycles. The van der Waals surface area contributed by atoms with Gasteiger partial charge < -0.3 is 15.0 Å². The van der Waals surface area contributed by atoms with Gasteiger partial charge in [-0.1, -0.05) is 40.9 Å². The summed E-state index contributed by atoms with van der Waals surface area (Å²) in [5.74, 6) is -0.154. The SMILES string of the molecule is CCOc1ccc(N(CC(=O)N(Cc2cccc(Br)c2)[C@@H](C)C(=O)NC2CCCC2)S(=O)(=O)c2ccc(SC)cc2)cc1. The molecule has 1 N–H and O–H groups in total. The molecule has 0 saturated heterocycles. The fourth-order valence-electron chi connectivity index (χ4n) is 5.09. The van der Waals surface area contributed by atoms with E-state index in [0.717, 1.165) is 44.9 Å². The van der Waals surface area contributed by atoms with Crippen LogP contribution in [0, 0.1) is 0 Å². The molecule has 11 heteroatoms. The van der Waals surface area contributed by atoms with E-state index in [2.05, 4.69) is 21.2 Å². The van der Waals surface area contributed by atoms with Gasteiger partial charge in [-0.05, 0) is 99.2 Å². The minimum absolute atomic E-state index is 0.0672. The van der Waals surface area contributed by atoms with Gasteiger partial charge in [0.15, 0.2) is 0 Å². The van der Waals surface area contributed by atoms with Gasteiger partial charge in [0.2, 0.25) is 11.8 Å². The van der Waals surface area contributed by atoms with Gasteiger partial charge in [0.1, 0.15) is 18.3 Å². The number of halogens is 1. The van der Waals surface area contributed by atoms with Crippen molar-refractivity contribution in [1.82, 2.24) is 10.2 Å². The monoisotopic (exact) mass is 687 g/mol. The highest BCUT2D eigenvalue weighted by atomic mass is 79.9. The standard InChI is InChI=1S/C32H38BrN3O5S2/c1-4-41-28-14-12-27(13-15-28)36(43(39,40)30-18-16-29(42-3)17-19-30)22-31(37)35(21-24-8-7-9-25(33)20-24)23(2)32(38)34-26-10-5-6-11-26/h7-9,12-20,23,26H,4-6,10-11,21-22H2,1-3H3,(H,34,38)/t23-/m0/s1. The van der Waals surface area contributed by atoms with Gasteiger partial charge in [0.05, 0.1) is 17.2 Å². The third-order valence-corrected chi connectivity index (χ3v) is 10.5. The molecule has 0 unspecified atom stereocenters. The number of anilines is 1. The highest BCUT2D eigenvalue weighted by molar-refractivity contribution is 9.10. The first-order valence-corrected chi connectivity index (χ1v) is 17.8. The van der Waals surface area contributed by atoms with Crippen LogP contribution in [0.2, 0.25) is 0 Å². The second-order valence-electron chi connectivity index (χ2n) is 10.4. The van der Waals surface area contributed by atoms with Gasteiger partial charge in [0, 0.05) is 22.0 Å². The predicted octanol–water partition coefficient (Wildman–Crippen LogP) is 6.24. The fraction of sp³-hybridized carbons (Fsp3) is 0.375. The summed E-state index contributed by atoms with van der Waals surface area (Å²) in [7, 11) is -4.15. The molecule has 43 heavy (non-hydrogen) atoms. The van der Waals surface area contributed by atoms with Crippen molar-refractivity contribution >= 4 is 55.2 Å². The summed E-state index contributed by atoms with van der Waals surface area (Å²) >= 11 is 4.99. The molecule has 8 nitrogen and oxygen atoms in total. The lowest BCUT2D eigenvalue weighted by molar-refractivity contribution is -0.139. The Labute approximate surface area is 267 Å². The second kappa shape index (κ2) is 15.1. The fourth-order valence-corrected chi connectivity index (χ4v) is 7.35. The summed E-state index contributed by atoms with van der Waals surface area (Å²) in [5.41, 5.74) is 1.13. The zero-order chi connectivity index (χ0) is 31.0. The number of hydrogen-bond donors (Lipinski definition) is 1. The molecule has 0 aliphatic heterocycles. The number of nitrogens with zero attached hydrogens (tertiary/aromatic N) is 2. The van der Waals surface area contributed by atoms with E-state index in [1.54, 1.807) is 55.5 Å². The molecule has 0 aromatic heterocycles. The summed E-state index contributed by atoms with van der Waals surface area (Å²) < 4.78 is 35.6. The first-order chi connectivity index (χ1) is 20.6. The Bertz CT molecular complexity index is 1490. The van der Waals surface area contributed by atoms with Gasteiger partial charge in [-0.3, -0.25) is 13.9 Å². The van der Waals surface area contributed by atoms with E-state index in [0.29, 0.717) is 18.0 Å². The van der Waals surface area contributed by atoms with Crippen LogP contribution in [0.5, 0.6) is 5.75 Å². The zero-order valence-electron chi connectivity index (χ0n) is 24.7. The largest absolute Gasteiger partial charge is 0.494 e. The van der Waals surface area contributed by atoms with Crippen LogP contribution in [0.15, 0.2) is 87.1 Å². The van der Waals surface area contributed by atoms with Crippen molar-refractivity contribution in [3.8, 4) is 5.75 Å². The second-order valence-corrected chi connectivity index (χ2v) is 14.1. The van der Waals surface area contributed by atoms with E-state index in [1.165, 1.54) is 16.7 Å². The van der Waals surface area contributed by atoms with E-state index in [9.17, 15) is 18.0 Å². The van der Waals surface area contributed by atoms with Crippen molar-refractivity contribution < 1.29 is 22.7 Å². The van der Waals surface area contributed by atoms with Crippen LogP contribution in [0.25, 0.3) is 0 Å². The summed E-state index contributed by atoms with van der Waals surface area (Å²) in [6.45, 7) is 3.67. The maximum Gasteiger partial charge on any atom is 0.264 e. The van der Waals surface area contributed by atoms with E-state index in [4.69, 9.17) is 4.74 Å². The Hall–Kier alpha value is -3.02.